The van der Waals surface area contributed by atoms with Gasteiger partial charge in [0.2, 0.25) is 6.79 Å². The Kier molecular flexibility index (Phi) is 3.61. The molecule has 0 saturated heterocycles. The summed E-state index contributed by atoms with van der Waals surface area (Å²) in [5, 5.41) is 3.63. The number of para-hydroxylation sites is 1. The van der Waals surface area contributed by atoms with Crippen molar-refractivity contribution in [3.63, 3.8) is 0 Å². The van der Waals surface area contributed by atoms with Gasteiger partial charge >= 0.3 is 0 Å². The molecule has 1 heterocycles. The Morgan fingerprint density at radius 2 is 2.20 bits per heavy atom. The van der Waals surface area contributed by atoms with E-state index in [0.29, 0.717) is 18.9 Å². The van der Waals surface area contributed by atoms with E-state index in [0.717, 1.165) is 36.6 Å². The molecule has 0 aromatic heterocycles. The van der Waals surface area contributed by atoms with E-state index >= 15 is 0 Å². The van der Waals surface area contributed by atoms with E-state index in [1.807, 2.05) is 12.1 Å². The lowest BCUT2D eigenvalue weighted by Crippen LogP contribution is -2.60. The molecule has 4 heteroatoms. The van der Waals surface area contributed by atoms with Gasteiger partial charge in [-0.15, -0.1) is 0 Å². The highest BCUT2D eigenvalue weighted by atomic mass is 16.7. The lowest BCUT2D eigenvalue weighted by molar-refractivity contribution is -0.114. The van der Waals surface area contributed by atoms with Crippen LogP contribution in [0.3, 0.4) is 0 Å². The summed E-state index contributed by atoms with van der Waals surface area (Å²) in [5.74, 6) is 1.74. The summed E-state index contributed by atoms with van der Waals surface area (Å²) in [6.07, 6.45) is 1.44. The first-order valence-corrected chi connectivity index (χ1v) is 7.35. The minimum absolute atomic E-state index is 0.186. The first kappa shape index (κ1) is 13.7. The molecule has 1 aromatic carbocycles. The monoisotopic (exact) mass is 277 g/mol. The van der Waals surface area contributed by atoms with Crippen LogP contribution in [0.2, 0.25) is 0 Å². The van der Waals surface area contributed by atoms with Gasteiger partial charge in [0.1, 0.15) is 0 Å². The van der Waals surface area contributed by atoms with Crippen molar-refractivity contribution in [3.05, 3.63) is 23.8 Å². The molecule has 2 aliphatic rings. The highest BCUT2D eigenvalue weighted by molar-refractivity contribution is 5.48. The average molecular weight is 277 g/mol. The van der Waals surface area contributed by atoms with Crippen LogP contribution in [0.4, 0.5) is 0 Å². The third kappa shape index (κ3) is 2.27. The molecule has 1 fully saturated rings. The number of ether oxygens (including phenoxy) is 3. The highest BCUT2D eigenvalue weighted by Gasteiger charge is 2.48. The minimum atomic E-state index is 0.186. The molecule has 20 heavy (non-hydrogen) atoms. The second-order valence-electron chi connectivity index (χ2n) is 6.09. The second kappa shape index (κ2) is 5.26. The largest absolute Gasteiger partial charge is 0.454 e. The van der Waals surface area contributed by atoms with E-state index in [2.05, 4.69) is 32.2 Å². The first-order valence-electron chi connectivity index (χ1n) is 7.35. The van der Waals surface area contributed by atoms with Gasteiger partial charge < -0.3 is 19.5 Å². The summed E-state index contributed by atoms with van der Waals surface area (Å²) in [6, 6.07) is 6.54. The molecule has 0 radical (unpaired) electrons. The zero-order valence-corrected chi connectivity index (χ0v) is 12.4. The van der Waals surface area contributed by atoms with Crippen LogP contribution in [0, 0.1) is 5.41 Å². The number of rotatable bonds is 5. The summed E-state index contributed by atoms with van der Waals surface area (Å²) in [5.41, 5.74) is 1.35. The molecule has 0 bridgehead atoms. The molecular formula is C16H23NO3. The van der Waals surface area contributed by atoms with Crippen molar-refractivity contribution >= 4 is 0 Å². The van der Waals surface area contributed by atoms with Crippen LogP contribution in [-0.2, 0) is 11.3 Å². The molecule has 1 saturated carbocycles. The number of nitrogens with one attached hydrogen (secondary N) is 1. The maximum atomic E-state index is 5.76. The molecule has 1 aliphatic carbocycles. The lowest BCUT2D eigenvalue weighted by Gasteiger charge is -2.52. The maximum absolute atomic E-state index is 5.76. The van der Waals surface area contributed by atoms with E-state index < -0.39 is 0 Å². The van der Waals surface area contributed by atoms with Crippen molar-refractivity contribution in [2.75, 3.05) is 13.4 Å². The van der Waals surface area contributed by atoms with Gasteiger partial charge in [0.15, 0.2) is 11.5 Å². The SMILES string of the molecule is CCOC1CC(NCc2cccc3c2OCO3)C1(C)C. The Labute approximate surface area is 120 Å². The fourth-order valence-corrected chi connectivity index (χ4v) is 3.08. The van der Waals surface area contributed by atoms with Crippen LogP contribution in [0.5, 0.6) is 11.5 Å². The zero-order valence-electron chi connectivity index (χ0n) is 12.4. The summed E-state index contributed by atoms with van der Waals surface area (Å²) >= 11 is 0. The number of hydrogen-bond acceptors (Lipinski definition) is 4. The fraction of sp³-hybridized carbons (Fsp3) is 0.625. The summed E-state index contributed by atoms with van der Waals surface area (Å²) in [4.78, 5) is 0. The quantitative estimate of drug-likeness (QED) is 0.898. The van der Waals surface area contributed by atoms with E-state index in [9.17, 15) is 0 Å². The van der Waals surface area contributed by atoms with Crippen molar-refractivity contribution in [3.8, 4) is 11.5 Å². The van der Waals surface area contributed by atoms with E-state index in [1.165, 1.54) is 0 Å². The molecule has 1 aliphatic heterocycles. The summed E-state index contributed by atoms with van der Waals surface area (Å²) in [7, 11) is 0. The molecule has 0 amide bonds. The average Bonchev–Trinajstić information content (AvgIpc) is 2.91. The third-order valence-corrected chi connectivity index (χ3v) is 4.56. The molecule has 2 atom stereocenters. The van der Waals surface area contributed by atoms with Gasteiger partial charge in [0.25, 0.3) is 0 Å². The minimum Gasteiger partial charge on any atom is -0.454 e. The number of hydrogen-bond donors (Lipinski definition) is 1. The van der Waals surface area contributed by atoms with Gasteiger partial charge in [0, 0.05) is 30.2 Å². The summed E-state index contributed by atoms with van der Waals surface area (Å²) < 4.78 is 16.7. The van der Waals surface area contributed by atoms with Crippen molar-refractivity contribution in [2.24, 2.45) is 5.41 Å². The molecule has 4 nitrogen and oxygen atoms in total. The third-order valence-electron chi connectivity index (χ3n) is 4.56. The molecular weight excluding hydrogens is 254 g/mol. The molecule has 1 aromatic rings. The first-order chi connectivity index (χ1) is 9.63. The normalized spacial score (nSPS) is 26.4. The van der Waals surface area contributed by atoms with Crippen molar-refractivity contribution < 1.29 is 14.2 Å². The predicted octanol–water partition coefficient (Wildman–Crippen LogP) is 2.71. The predicted molar refractivity (Wildman–Crippen MR) is 77.0 cm³/mol. The number of fused-ring (bicyclic) bond motifs is 1. The number of benzene rings is 1. The topological polar surface area (TPSA) is 39.7 Å². The molecule has 1 N–H and O–H groups in total. The Morgan fingerprint density at radius 1 is 1.35 bits per heavy atom. The van der Waals surface area contributed by atoms with Gasteiger partial charge in [-0.05, 0) is 19.4 Å². The van der Waals surface area contributed by atoms with E-state index in [1.54, 1.807) is 0 Å². The van der Waals surface area contributed by atoms with Gasteiger partial charge in [-0.1, -0.05) is 26.0 Å². The molecule has 0 spiro atoms. The molecule has 2 unspecified atom stereocenters. The van der Waals surface area contributed by atoms with Crippen molar-refractivity contribution in [2.45, 2.75) is 45.9 Å². The highest BCUT2D eigenvalue weighted by Crippen LogP contribution is 2.43. The zero-order chi connectivity index (χ0) is 14.2. The lowest BCUT2D eigenvalue weighted by atomic mass is 9.64. The van der Waals surface area contributed by atoms with Crippen LogP contribution in [0.25, 0.3) is 0 Å². The van der Waals surface area contributed by atoms with Crippen LogP contribution < -0.4 is 14.8 Å². The van der Waals surface area contributed by atoms with Gasteiger partial charge in [-0.3, -0.25) is 0 Å². The van der Waals surface area contributed by atoms with Gasteiger partial charge in [-0.25, -0.2) is 0 Å². The second-order valence-corrected chi connectivity index (χ2v) is 6.09. The Morgan fingerprint density at radius 3 is 2.95 bits per heavy atom. The Bertz CT molecular complexity index is 487. The van der Waals surface area contributed by atoms with E-state index in [4.69, 9.17) is 14.2 Å². The van der Waals surface area contributed by atoms with E-state index in [-0.39, 0.29) is 5.41 Å². The Hall–Kier alpha value is -1.26. The maximum Gasteiger partial charge on any atom is 0.231 e. The summed E-state index contributed by atoms with van der Waals surface area (Å²) in [6.45, 7) is 8.51. The standard InChI is InChI=1S/C16H23NO3/c1-4-18-14-8-13(16(14,2)3)17-9-11-6-5-7-12-15(11)20-10-19-12/h5-7,13-14,17H,4,8-10H2,1-3H3. The molecule has 3 rings (SSSR count). The van der Waals surface area contributed by atoms with Crippen molar-refractivity contribution in [1.82, 2.24) is 5.32 Å². The van der Waals surface area contributed by atoms with Crippen LogP contribution >= 0.6 is 0 Å². The smallest absolute Gasteiger partial charge is 0.231 e. The molecule has 110 valence electrons. The van der Waals surface area contributed by atoms with Gasteiger partial charge in [0.05, 0.1) is 6.10 Å². The van der Waals surface area contributed by atoms with Crippen LogP contribution in [0.15, 0.2) is 18.2 Å². The fourth-order valence-electron chi connectivity index (χ4n) is 3.08. The van der Waals surface area contributed by atoms with Crippen molar-refractivity contribution in [1.29, 1.82) is 0 Å². The van der Waals surface area contributed by atoms with Gasteiger partial charge in [-0.2, -0.15) is 0 Å². The Balaban J connectivity index is 1.60. The van der Waals surface area contributed by atoms with Crippen LogP contribution in [0.1, 0.15) is 32.8 Å². The van der Waals surface area contributed by atoms with Crippen LogP contribution in [-0.4, -0.2) is 25.5 Å².